The van der Waals surface area contributed by atoms with E-state index in [4.69, 9.17) is 11.6 Å². The van der Waals surface area contributed by atoms with Crippen molar-refractivity contribution in [2.75, 3.05) is 6.54 Å². The summed E-state index contributed by atoms with van der Waals surface area (Å²) in [7, 11) is -4.12. The second kappa shape index (κ2) is 5.00. The predicted molar refractivity (Wildman–Crippen MR) is 68.6 cm³/mol. The van der Waals surface area contributed by atoms with Gasteiger partial charge in [0.2, 0.25) is 21.8 Å². The third-order valence-electron chi connectivity index (χ3n) is 2.81. The highest BCUT2D eigenvalue weighted by Crippen LogP contribution is 2.20. The molecule has 1 aromatic heterocycles. The van der Waals surface area contributed by atoms with Gasteiger partial charge in [-0.2, -0.15) is 4.31 Å². The molecule has 20 heavy (non-hydrogen) atoms. The standard InChI is InChI=1S/C10H10ClN3O5S/c1-5-9(16)13-8(15)4-14(5)20(18,19)6-2-7(11)10(17)12-3-6/h2-3,5H,4H2,1H3,(H,12,17)(H,13,15,16). The third kappa shape index (κ3) is 2.47. The zero-order valence-corrected chi connectivity index (χ0v) is 11.8. The van der Waals surface area contributed by atoms with Gasteiger partial charge in [0, 0.05) is 6.20 Å². The van der Waals surface area contributed by atoms with Gasteiger partial charge in [-0.3, -0.25) is 19.7 Å². The van der Waals surface area contributed by atoms with Crippen LogP contribution in [0, 0.1) is 0 Å². The molecule has 1 aliphatic heterocycles. The molecule has 1 aliphatic rings. The van der Waals surface area contributed by atoms with Gasteiger partial charge in [-0.15, -0.1) is 0 Å². The first-order valence-corrected chi connectivity index (χ1v) is 7.29. The number of halogens is 1. The lowest BCUT2D eigenvalue weighted by molar-refractivity contribution is -0.136. The summed E-state index contributed by atoms with van der Waals surface area (Å²) in [6.07, 6.45) is 0.966. The molecule has 0 saturated carbocycles. The molecule has 2 N–H and O–H groups in total. The Morgan fingerprint density at radius 3 is 2.60 bits per heavy atom. The molecule has 0 spiro atoms. The Morgan fingerprint density at radius 1 is 1.35 bits per heavy atom. The SMILES string of the molecule is CC1C(=O)NC(=O)CN1S(=O)(=O)c1c[nH]c(=O)c(Cl)c1. The summed E-state index contributed by atoms with van der Waals surface area (Å²) in [6, 6.07) is -0.0669. The van der Waals surface area contributed by atoms with Crippen LogP contribution < -0.4 is 10.9 Å². The van der Waals surface area contributed by atoms with E-state index >= 15 is 0 Å². The molecule has 1 saturated heterocycles. The van der Waals surface area contributed by atoms with Crippen molar-refractivity contribution in [3.63, 3.8) is 0 Å². The van der Waals surface area contributed by atoms with E-state index in [-0.39, 0.29) is 9.92 Å². The molecule has 2 heterocycles. The lowest BCUT2D eigenvalue weighted by atomic mass is 10.2. The Kier molecular flexibility index (Phi) is 3.67. The number of nitrogens with one attached hydrogen (secondary N) is 2. The van der Waals surface area contributed by atoms with Crippen molar-refractivity contribution in [1.82, 2.24) is 14.6 Å². The van der Waals surface area contributed by atoms with Crippen molar-refractivity contribution in [3.8, 4) is 0 Å². The molecular formula is C10H10ClN3O5S. The van der Waals surface area contributed by atoms with Crippen LogP contribution in [0.3, 0.4) is 0 Å². The number of piperazine rings is 1. The molecular weight excluding hydrogens is 310 g/mol. The van der Waals surface area contributed by atoms with Crippen LogP contribution in [-0.4, -0.2) is 42.1 Å². The highest BCUT2D eigenvalue weighted by atomic mass is 35.5. The number of amides is 2. The van der Waals surface area contributed by atoms with E-state index in [1.54, 1.807) is 0 Å². The smallest absolute Gasteiger partial charge is 0.266 e. The zero-order chi connectivity index (χ0) is 15.1. The zero-order valence-electron chi connectivity index (χ0n) is 10.2. The van der Waals surface area contributed by atoms with E-state index in [1.807, 2.05) is 5.32 Å². The number of rotatable bonds is 2. The fraction of sp³-hybridized carbons (Fsp3) is 0.300. The second-order valence-corrected chi connectivity index (χ2v) is 6.45. The van der Waals surface area contributed by atoms with Gasteiger partial charge in [0.15, 0.2) is 0 Å². The Labute approximate surface area is 118 Å². The summed E-state index contributed by atoms with van der Waals surface area (Å²) in [5.74, 6) is -1.42. The molecule has 108 valence electrons. The van der Waals surface area contributed by atoms with Crippen molar-refractivity contribution >= 4 is 33.4 Å². The van der Waals surface area contributed by atoms with Crippen LogP contribution in [-0.2, 0) is 19.6 Å². The van der Waals surface area contributed by atoms with Gasteiger partial charge in [-0.05, 0) is 13.0 Å². The molecule has 10 heteroatoms. The average Bonchev–Trinajstić information content (AvgIpc) is 2.36. The molecule has 0 aliphatic carbocycles. The third-order valence-corrected chi connectivity index (χ3v) is 4.99. The van der Waals surface area contributed by atoms with Gasteiger partial charge in [0.1, 0.15) is 11.1 Å². The number of aromatic nitrogens is 1. The highest BCUT2D eigenvalue weighted by Gasteiger charge is 2.39. The Balaban J connectivity index is 2.48. The maximum atomic E-state index is 12.4. The molecule has 0 radical (unpaired) electrons. The molecule has 8 nitrogen and oxygen atoms in total. The monoisotopic (exact) mass is 319 g/mol. The summed E-state index contributed by atoms with van der Waals surface area (Å²) < 4.78 is 25.5. The van der Waals surface area contributed by atoms with Crippen LogP contribution in [0.25, 0.3) is 0 Å². The fourth-order valence-electron chi connectivity index (χ4n) is 1.71. The largest absolute Gasteiger partial charge is 0.326 e. The molecule has 1 atom stereocenters. The first kappa shape index (κ1) is 14.7. The number of carbonyl (C=O) groups excluding carboxylic acids is 2. The van der Waals surface area contributed by atoms with E-state index in [1.165, 1.54) is 6.92 Å². The van der Waals surface area contributed by atoms with Crippen LogP contribution in [0.2, 0.25) is 5.02 Å². The molecule has 2 rings (SSSR count). The molecule has 1 fully saturated rings. The van der Waals surface area contributed by atoms with Crippen molar-refractivity contribution in [2.24, 2.45) is 0 Å². The summed E-state index contributed by atoms with van der Waals surface area (Å²) in [5.41, 5.74) is -0.633. The summed E-state index contributed by atoms with van der Waals surface area (Å²) in [6.45, 7) is 0.874. The number of hydrogen-bond acceptors (Lipinski definition) is 5. The van der Waals surface area contributed by atoms with Gasteiger partial charge in [0.25, 0.3) is 5.56 Å². The highest BCUT2D eigenvalue weighted by molar-refractivity contribution is 7.89. The molecule has 0 aromatic carbocycles. The summed E-state index contributed by atoms with van der Waals surface area (Å²) in [5, 5.41) is 1.74. The lowest BCUT2D eigenvalue weighted by Gasteiger charge is -2.30. The van der Waals surface area contributed by atoms with E-state index in [0.29, 0.717) is 0 Å². The van der Waals surface area contributed by atoms with Gasteiger partial charge in [0.05, 0.1) is 11.4 Å². The van der Waals surface area contributed by atoms with Crippen molar-refractivity contribution in [2.45, 2.75) is 17.9 Å². The predicted octanol–water partition coefficient (Wildman–Crippen LogP) is -0.936. The van der Waals surface area contributed by atoms with E-state index in [0.717, 1.165) is 16.6 Å². The Morgan fingerprint density at radius 2 is 2.00 bits per heavy atom. The molecule has 0 bridgehead atoms. The lowest BCUT2D eigenvalue weighted by Crippen LogP contribution is -2.58. The number of H-pyrrole nitrogens is 1. The number of nitrogens with zero attached hydrogens (tertiary/aromatic N) is 1. The second-order valence-electron chi connectivity index (χ2n) is 4.15. The molecule has 1 unspecified atom stereocenters. The van der Waals surface area contributed by atoms with Crippen molar-refractivity contribution < 1.29 is 18.0 Å². The molecule has 2 amide bonds. The van der Waals surface area contributed by atoms with Crippen LogP contribution >= 0.6 is 11.6 Å². The van der Waals surface area contributed by atoms with E-state index in [2.05, 4.69) is 4.98 Å². The topological polar surface area (TPSA) is 116 Å². The first-order chi connectivity index (χ1) is 9.23. The minimum Gasteiger partial charge on any atom is -0.326 e. The van der Waals surface area contributed by atoms with Crippen molar-refractivity contribution in [1.29, 1.82) is 0 Å². The van der Waals surface area contributed by atoms with Gasteiger partial charge < -0.3 is 4.98 Å². The number of aromatic amines is 1. The Bertz CT molecular complexity index is 742. The minimum atomic E-state index is -4.12. The summed E-state index contributed by atoms with van der Waals surface area (Å²) in [4.78, 5) is 35.8. The number of hydrogen-bond donors (Lipinski definition) is 2. The van der Waals surface area contributed by atoms with Crippen LogP contribution in [0.1, 0.15) is 6.92 Å². The number of carbonyl (C=O) groups is 2. The maximum absolute atomic E-state index is 12.4. The number of pyridine rings is 1. The number of sulfonamides is 1. The quantitative estimate of drug-likeness (QED) is 0.683. The van der Waals surface area contributed by atoms with E-state index in [9.17, 15) is 22.8 Å². The van der Waals surface area contributed by atoms with E-state index < -0.39 is 40.0 Å². The average molecular weight is 320 g/mol. The van der Waals surface area contributed by atoms with Crippen molar-refractivity contribution in [3.05, 3.63) is 27.6 Å². The first-order valence-electron chi connectivity index (χ1n) is 5.47. The molecule has 1 aromatic rings. The minimum absolute atomic E-state index is 0.295. The normalized spacial score (nSPS) is 20.8. The fourth-order valence-corrected chi connectivity index (χ4v) is 3.49. The van der Waals surface area contributed by atoms with Gasteiger partial charge in [-0.1, -0.05) is 11.6 Å². The van der Waals surface area contributed by atoms with Crippen LogP contribution in [0.5, 0.6) is 0 Å². The van der Waals surface area contributed by atoms with Crippen LogP contribution in [0.4, 0.5) is 0 Å². The van der Waals surface area contributed by atoms with Crippen LogP contribution in [0.15, 0.2) is 22.0 Å². The summed E-state index contributed by atoms with van der Waals surface area (Å²) >= 11 is 5.58. The van der Waals surface area contributed by atoms with Gasteiger partial charge >= 0.3 is 0 Å². The Hall–Kier alpha value is -1.71. The van der Waals surface area contributed by atoms with Gasteiger partial charge in [-0.25, -0.2) is 8.42 Å². The maximum Gasteiger partial charge on any atom is 0.266 e. The number of imide groups is 1.